The topological polar surface area (TPSA) is 61.9 Å². The minimum atomic E-state index is -4.37. The minimum Gasteiger partial charge on any atom is -0.295 e. The number of anilines is 1. The van der Waals surface area contributed by atoms with Gasteiger partial charge in [0.05, 0.1) is 5.69 Å². The molecule has 1 aliphatic rings. The summed E-state index contributed by atoms with van der Waals surface area (Å²) in [5, 5.41) is 7.16. The molecule has 0 bridgehead atoms. The molecule has 1 N–H and O–H groups in total. The number of alkyl halides is 3. The second kappa shape index (κ2) is 8.46. The minimum absolute atomic E-state index is 0.0953. The first kappa shape index (κ1) is 20.6. The molecule has 5 nitrogen and oxygen atoms in total. The third kappa shape index (κ3) is 4.82. The highest BCUT2D eigenvalue weighted by atomic mass is 19.4. The lowest BCUT2D eigenvalue weighted by Gasteiger charge is -2.13. The zero-order valence-corrected chi connectivity index (χ0v) is 15.9. The second-order valence-electron chi connectivity index (χ2n) is 6.85. The van der Waals surface area contributed by atoms with Crippen LogP contribution in [0.1, 0.15) is 19.8 Å². The van der Waals surface area contributed by atoms with Gasteiger partial charge in [-0.3, -0.25) is 19.8 Å². The smallest absolute Gasteiger partial charge is 0.295 e. The molecular formula is C21H21F3N4O. The van der Waals surface area contributed by atoms with Crippen molar-refractivity contribution in [2.75, 3.05) is 11.4 Å². The van der Waals surface area contributed by atoms with E-state index >= 15 is 0 Å². The average molecular weight is 402 g/mol. The molecule has 1 atom stereocenters. The van der Waals surface area contributed by atoms with Crippen molar-refractivity contribution in [1.82, 2.24) is 15.2 Å². The quantitative estimate of drug-likeness (QED) is 0.704. The predicted octanol–water partition coefficient (Wildman–Crippen LogP) is 4.84. The number of amides is 1. The van der Waals surface area contributed by atoms with Gasteiger partial charge in [0.15, 0.2) is 5.82 Å². The maximum absolute atomic E-state index is 12.8. The molecule has 8 heteroatoms. The van der Waals surface area contributed by atoms with Crippen molar-refractivity contribution in [3.05, 3.63) is 66.5 Å². The molecule has 2 aromatic heterocycles. The lowest BCUT2D eigenvalue weighted by Crippen LogP contribution is -2.27. The molecule has 1 unspecified atom stereocenters. The number of aromatic nitrogens is 3. The largest absolute Gasteiger partial charge is 0.412 e. The van der Waals surface area contributed by atoms with Gasteiger partial charge in [-0.05, 0) is 37.5 Å². The molecular weight excluding hydrogens is 381 g/mol. The summed E-state index contributed by atoms with van der Waals surface area (Å²) in [4.78, 5) is 18.4. The zero-order valence-electron chi connectivity index (χ0n) is 15.9. The number of carbonyl (C=O) groups is 1. The second-order valence-corrected chi connectivity index (χ2v) is 6.85. The van der Waals surface area contributed by atoms with Gasteiger partial charge in [0, 0.05) is 42.1 Å². The van der Waals surface area contributed by atoms with Crippen LogP contribution in [0.4, 0.5) is 19.0 Å². The molecule has 1 saturated heterocycles. The molecule has 29 heavy (non-hydrogen) atoms. The monoisotopic (exact) mass is 402 g/mol. The summed E-state index contributed by atoms with van der Waals surface area (Å²) in [6, 6.07) is 5.47. The van der Waals surface area contributed by atoms with Crippen LogP contribution < -0.4 is 4.90 Å². The van der Waals surface area contributed by atoms with Crippen LogP contribution in [0.25, 0.3) is 11.3 Å². The fourth-order valence-electron chi connectivity index (χ4n) is 3.12. The van der Waals surface area contributed by atoms with E-state index in [0.717, 1.165) is 24.3 Å². The van der Waals surface area contributed by atoms with Crippen LogP contribution in [0.15, 0.2) is 66.5 Å². The first-order valence-corrected chi connectivity index (χ1v) is 9.14. The molecule has 3 rings (SSSR count). The van der Waals surface area contributed by atoms with Crippen LogP contribution in [-0.2, 0) is 4.79 Å². The Morgan fingerprint density at radius 2 is 2.07 bits per heavy atom. The Balaban J connectivity index is 1.70. The fourth-order valence-corrected chi connectivity index (χ4v) is 3.12. The summed E-state index contributed by atoms with van der Waals surface area (Å²) in [5.74, 6) is 0.114. The van der Waals surface area contributed by atoms with Crippen molar-refractivity contribution < 1.29 is 18.0 Å². The Labute approximate surface area is 166 Å². The molecule has 0 saturated carbocycles. The van der Waals surface area contributed by atoms with E-state index in [1.165, 1.54) is 12.2 Å². The van der Waals surface area contributed by atoms with Crippen molar-refractivity contribution in [1.29, 1.82) is 0 Å². The Hall–Kier alpha value is -3.16. The van der Waals surface area contributed by atoms with Gasteiger partial charge >= 0.3 is 6.18 Å². The van der Waals surface area contributed by atoms with Crippen molar-refractivity contribution in [2.24, 2.45) is 5.92 Å². The van der Waals surface area contributed by atoms with Gasteiger partial charge in [0.1, 0.15) is 0 Å². The molecule has 1 fully saturated rings. The van der Waals surface area contributed by atoms with E-state index in [2.05, 4.69) is 21.8 Å². The normalized spacial score (nSPS) is 18.4. The van der Waals surface area contributed by atoms with E-state index in [0.29, 0.717) is 30.8 Å². The molecule has 3 heterocycles. The zero-order chi connectivity index (χ0) is 21.0. The average Bonchev–Trinajstić information content (AvgIpc) is 3.32. The summed E-state index contributed by atoms with van der Waals surface area (Å²) in [6.45, 7) is 5.17. The lowest BCUT2D eigenvalue weighted by atomic mass is 9.97. The molecule has 0 aromatic carbocycles. The third-order valence-corrected chi connectivity index (χ3v) is 4.89. The van der Waals surface area contributed by atoms with E-state index in [1.807, 2.05) is 12.1 Å². The van der Waals surface area contributed by atoms with E-state index < -0.39 is 11.7 Å². The van der Waals surface area contributed by atoms with Gasteiger partial charge in [-0.25, -0.2) is 0 Å². The highest BCUT2D eigenvalue weighted by molar-refractivity contribution is 5.97. The number of allylic oxidation sites excluding steroid dienone is 5. The Morgan fingerprint density at radius 1 is 1.34 bits per heavy atom. The van der Waals surface area contributed by atoms with E-state index in [-0.39, 0.29) is 11.8 Å². The summed E-state index contributed by atoms with van der Waals surface area (Å²) >= 11 is 0. The van der Waals surface area contributed by atoms with Crippen LogP contribution in [-0.4, -0.2) is 33.8 Å². The van der Waals surface area contributed by atoms with Crippen molar-refractivity contribution in [2.45, 2.75) is 25.9 Å². The number of nitrogens with zero attached hydrogens (tertiary/aromatic N) is 3. The maximum Gasteiger partial charge on any atom is 0.412 e. The Kier molecular flexibility index (Phi) is 6.00. The molecule has 1 amide bonds. The van der Waals surface area contributed by atoms with Crippen LogP contribution in [0.3, 0.4) is 0 Å². The molecule has 2 aromatic rings. The number of nitrogens with one attached hydrogen (secondary N) is 1. The Bertz CT molecular complexity index is 944. The number of hydrogen-bond donors (Lipinski definition) is 1. The van der Waals surface area contributed by atoms with Crippen LogP contribution in [0.5, 0.6) is 0 Å². The van der Waals surface area contributed by atoms with Crippen molar-refractivity contribution in [3.8, 4) is 11.3 Å². The van der Waals surface area contributed by atoms with Gasteiger partial charge in [0.2, 0.25) is 5.91 Å². The first-order valence-electron chi connectivity index (χ1n) is 9.14. The highest BCUT2D eigenvalue weighted by Crippen LogP contribution is 2.31. The SMILES string of the molecule is C=C/C(=C\C=C(/C)C(F)(F)F)CC1CCN(c2cc(-c3ccncc3)[nH]n2)C1=O. The number of halogens is 3. The fraction of sp³-hybridized carbons (Fsp3) is 0.286. The van der Waals surface area contributed by atoms with Crippen LogP contribution in [0, 0.1) is 5.92 Å². The number of aromatic amines is 1. The number of rotatable bonds is 6. The highest BCUT2D eigenvalue weighted by Gasteiger charge is 2.34. The summed E-state index contributed by atoms with van der Waals surface area (Å²) in [7, 11) is 0. The summed E-state index contributed by atoms with van der Waals surface area (Å²) in [5.41, 5.74) is 1.58. The van der Waals surface area contributed by atoms with Gasteiger partial charge < -0.3 is 0 Å². The van der Waals surface area contributed by atoms with E-state index in [1.54, 1.807) is 23.4 Å². The van der Waals surface area contributed by atoms with Crippen molar-refractivity contribution in [3.63, 3.8) is 0 Å². The van der Waals surface area contributed by atoms with Gasteiger partial charge in [-0.2, -0.15) is 18.3 Å². The lowest BCUT2D eigenvalue weighted by molar-refractivity contribution is -0.120. The summed E-state index contributed by atoms with van der Waals surface area (Å²) in [6.07, 6.45) is 3.80. The standard InChI is InChI=1S/C21H21F3N4O/c1-3-15(5-4-14(2)21(22,23)24)12-17-8-11-28(20(17)29)19-13-18(26-27-19)16-6-9-25-10-7-16/h3-7,9-10,13,17H,1,8,11-12H2,2H3,(H,26,27)/b14-4+,15-5+. The molecule has 152 valence electrons. The van der Waals surface area contributed by atoms with Gasteiger partial charge in [-0.1, -0.05) is 24.8 Å². The first-order chi connectivity index (χ1) is 13.8. The van der Waals surface area contributed by atoms with Crippen LogP contribution >= 0.6 is 0 Å². The van der Waals surface area contributed by atoms with E-state index in [4.69, 9.17) is 0 Å². The third-order valence-electron chi connectivity index (χ3n) is 4.89. The number of hydrogen-bond acceptors (Lipinski definition) is 3. The molecule has 0 spiro atoms. The summed E-state index contributed by atoms with van der Waals surface area (Å²) < 4.78 is 37.9. The number of carbonyl (C=O) groups excluding carboxylic acids is 1. The van der Waals surface area contributed by atoms with Crippen molar-refractivity contribution >= 4 is 11.7 Å². The number of pyridine rings is 1. The molecule has 1 aliphatic heterocycles. The van der Waals surface area contributed by atoms with Crippen LogP contribution in [0.2, 0.25) is 0 Å². The molecule has 0 aliphatic carbocycles. The maximum atomic E-state index is 12.8. The molecule has 0 radical (unpaired) electrons. The van der Waals surface area contributed by atoms with E-state index in [9.17, 15) is 18.0 Å². The predicted molar refractivity (Wildman–Crippen MR) is 105 cm³/mol. The number of H-pyrrole nitrogens is 1. The Morgan fingerprint density at radius 3 is 2.72 bits per heavy atom. The van der Waals surface area contributed by atoms with Gasteiger partial charge in [-0.15, -0.1) is 0 Å². The van der Waals surface area contributed by atoms with Gasteiger partial charge in [0.25, 0.3) is 0 Å².